The van der Waals surface area contributed by atoms with Crippen LogP contribution in [0.1, 0.15) is 22.8 Å². The molecule has 0 aliphatic carbocycles. The lowest BCUT2D eigenvalue weighted by Gasteiger charge is -2.17. The Labute approximate surface area is 178 Å². The first kappa shape index (κ1) is 18.7. The van der Waals surface area contributed by atoms with E-state index < -0.39 is 0 Å². The van der Waals surface area contributed by atoms with Crippen molar-refractivity contribution in [1.29, 1.82) is 0 Å². The SMILES string of the molecule is COc1ccc([C@H]2CC(c3cccc4ccc(=O)oc34)=Nc3ccccc3S2)cc1. The molecule has 4 nitrogen and oxygen atoms in total. The summed E-state index contributed by atoms with van der Waals surface area (Å²) in [5.41, 5.74) is 4.14. The van der Waals surface area contributed by atoms with Crippen molar-refractivity contribution in [3.63, 3.8) is 0 Å². The number of benzene rings is 3. The van der Waals surface area contributed by atoms with Gasteiger partial charge in [-0.25, -0.2) is 4.79 Å². The Hall–Kier alpha value is -3.31. The van der Waals surface area contributed by atoms with Crippen LogP contribution in [0.5, 0.6) is 5.75 Å². The van der Waals surface area contributed by atoms with Crippen molar-refractivity contribution in [1.82, 2.24) is 0 Å². The number of para-hydroxylation sites is 2. The zero-order valence-electron chi connectivity index (χ0n) is 16.4. The van der Waals surface area contributed by atoms with Gasteiger partial charge >= 0.3 is 5.63 Å². The fourth-order valence-corrected chi connectivity index (χ4v) is 4.94. The minimum absolute atomic E-state index is 0.170. The van der Waals surface area contributed by atoms with E-state index in [0.717, 1.165) is 33.0 Å². The molecule has 148 valence electrons. The minimum Gasteiger partial charge on any atom is -0.497 e. The fourth-order valence-electron chi connectivity index (χ4n) is 3.71. The second-order valence-electron chi connectivity index (χ2n) is 7.09. The Bertz CT molecular complexity index is 1310. The standard InChI is InChI=1S/C25H19NO3S/c1-28-18-12-9-16(10-13-18)23-15-21(26-20-7-2-3-8-22(20)30-23)19-6-4-5-17-11-14-24(27)29-25(17)19/h2-14,23H,15H2,1H3/t23-/m1/s1. The van der Waals surface area contributed by atoms with Crippen molar-refractivity contribution in [3.8, 4) is 5.75 Å². The van der Waals surface area contributed by atoms with Crippen LogP contribution >= 0.6 is 11.8 Å². The quantitative estimate of drug-likeness (QED) is 0.378. The molecule has 1 aromatic heterocycles. The molecular weight excluding hydrogens is 394 g/mol. The average molecular weight is 413 g/mol. The lowest BCUT2D eigenvalue weighted by atomic mass is 9.99. The van der Waals surface area contributed by atoms with Crippen molar-refractivity contribution in [2.45, 2.75) is 16.6 Å². The van der Waals surface area contributed by atoms with Crippen molar-refractivity contribution in [3.05, 3.63) is 100 Å². The number of aliphatic imine (C=N–C) groups is 1. The molecule has 5 rings (SSSR count). The highest BCUT2D eigenvalue weighted by atomic mass is 32.2. The zero-order valence-corrected chi connectivity index (χ0v) is 17.2. The van der Waals surface area contributed by atoms with Gasteiger partial charge in [-0.05, 0) is 42.0 Å². The highest BCUT2D eigenvalue weighted by Gasteiger charge is 2.24. The van der Waals surface area contributed by atoms with E-state index in [2.05, 4.69) is 18.2 Å². The Balaban J connectivity index is 1.66. The van der Waals surface area contributed by atoms with Gasteiger partial charge in [-0.3, -0.25) is 4.99 Å². The van der Waals surface area contributed by atoms with Gasteiger partial charge in [0.25, 0.3) is 0 Å². The number of thioether (sulfide) groups is 1. The van der Waals surface area contributed by atoms with Crippen LogP contribution in [-0.4, -0.2) is 12.8 Å². The fraction of sp³-hybridized carbons (Fsp3) is 0.120. The summed E-state index contributed by atoms with van der Waals surface area (Å²) in [6.45, 7) is 0. The number of methoxy groups -OCH3 is 1. The van der Waals surface area contributed by atoms with E-state index >= 15 is 0 Å². The van der Waals surface area contributed by atoms with E-state index in [-0.39, 0.29) is 10.9 Å². The van der Waals surface area contributed by atoms with E-state index in [0.29, 0.717) is 12.0 Å². The Kier molecular flexibility index (Phi) is 4.89. The van der Waals surface area contributed by atoms with Gasteiger partial charge in [-0.2, -0.15) is 0 Å². The number of nitrogens with zero attached hydrogens (tertiary/aromatic N) is 1. The molecule has 0 radical (unpaired) electrons. The smallest absolute Gasteiger partial charge is 0.336 e. The summed E-state index contributed by atoms with van der Waals surface area (Å²) < 4.78 is 10.9. The second-order valence-corrected chi connectivity index (χ2v) is 8.33. The molecule has 1 aliphatic heterocycles. The molecule has 5 heteroatoms. The van der Waals surface area contributed by atoms with Crippen molar-refractivity contribution >= 4 is 34.1 Å². The van der Waals surface area contributed by atoms with Crippen LogP contribution in [0, 0.1) is 0 Å². The normalized spacial score (nSPS) is 15.9. The number of fused-ring (bicyclic) bond motifs is 2. The number of hydrogen-bond acceptors (Lipinski definition) is 5. The maximum absolute atomic E-state index is 11.9. The minimum atomic E-state index is -0.356. The molecule has 0 N–H and O–H groups in total. The number of hydrogen-bond donors (Lipinski definition) is 0. The van der Waals surface area contributed by atoms with Crippen LogP contribution in [0.15, 0.2) is 98.0 Å². The van der Waals surface area contributed by atoms with Gasteiger partial charge in [0.15, 0.2) is 0 Å². The highest BCUT2D eigenvalue weighted by Crippen LogP contribution is 2.46. The predicted molar refractivity (Wildman–Crippen MR) is 121 cm³/mol. The van der Waals surface area contributed by atoms with Gasteiger partial charge in [0.1, 0.15) is 11.3 Å². The average Bonchev–Trinajstić information content (AvgIpc) is 2.98. The predicted octanol–water partition coefficient (Wildman–Crippen LogP) is 6.16. The van der Waals surface area contributed by atoms with E-state index in [1.54, 1.807) is 24.9 Å². The maximum atomic E-state index is 11.9. The summed E-state index contributed by atoms with van der Waals surface area (Å²) in [4.78, 5) is 18.1. The summed E-state index contributed by atoms with van der Waals surface area (Å²) in [6, 6.07) is 25.5. The third-order valence-electron chi connectivity index (χ3n) is 5.21. The van der Waals surface area contributed by atoms with E-state index in [1.807, 2.05) is 48.5 Å². The van der Waals surface area contributed by atoms with Gasteiger partial charge in [-0.1, -0.05) is 36.4 Å². The van der Waals surface area contributed by atoms with Crippen molar-refractivity contribution in [2.24, 2.45) is 4.99 Å². The van der Waals surface area contributed by atoms with Crippen LogP contribution in [0.2, 0.25) is 0 Å². The lowest BCUT2D eigenvalue weighted by molar-refractivity contribution is 0.414. The second kappa shape index (κ2) is 7.84. The molecule has 30 heavy (non-hydrogen) atoms. The molecule has 0 unspecified atom stereocenters. The van der Waals surface area contributed by atoms with Crippen LogP contribution in [0.4, 0.5) is 5.69 Å². The molecule has 1 aliphatic rings. The molecule has 0 fully saturated rings. The Morgan fingerprint density at radius 2 is 1.80 bits per heavy atom. The van der Waals surface area contributed by atoms with Crippen LogP contribution in [0.25, 0.3) is 11.0 Å². The van der Waals surface area contributed by atoms with E-state index in [4.69, 9.17) is 14.1 Å². The van der Waals surface area contributed by atoms with Crippen LogP contribution in [-0.2, 0) is 0 Å². The first-order valence-electron chi connectivity index (χ1n) is 9.72. The molecule has 2 heterocycles. The number of rotatable bonds is 3. The third-order valence-corrected chi connectivity index (χ3v) is 6.54. The van der Waals surface area contributed by atoms with Crippen molar-refractivity contribution in [2.75, 3.05) is 7.11 Å². The topological polar surface area (TPSA) is 51.8 Å². The van der Waals surface area contributed by atoms with E-state index in [1.165, 1.54) is 11.6 Å². The molecule has 3 aromatic carbocycles. The monoisotopic (exact) mass is 413 g/mol. The van der Waals surface area contributed by atoms with Gasteiger partial charge < -0.3 is 9.15 Å². The first-order valence-corrected chi connectivity index (χ1v) is 10.6. The van der Waals surface area contributed by atoms with Gasteiger partial charge in [0.05, 0.1) is 18.5 Å². The summed E-state index contributed by atoms with van der Waals surface area (Å²) in [6.07, 6.45) is 0.712. The summed E-state index contributed by atoms with van der Waals surface area (Å²) in [7, 11) is 1.67. The van der Waals surface area contributed by atoms with Gasteiger partial charge in [-0.15, -0.1) is 11.8 Å². The largest absolute Gasteiger partial charge is 0.497 e. The molecule has 1 atom stereocenters. The maximum Gasteiger partial charge on any atom is 0.336 e. The lowest BCUT2D eigenvalue weighted by Crippen LogP contribution is -2.07. The van der Waals surface area contributed by atoms with Crippen LogP contribution in [0.3, 0.4) is 0 Å². The molecule has 0 saturated heterocycles. The van der Waals surface area contributed by atoms with E-state index in [9.17, 15) is 4.79 Å². The summed E-state index contributed by atoms with van der Waals surface area (Å²) >= 11 is 1.80. The first-order chi connectivity index (χ1) is 14.7. The highest BCUT2D eigenvalue weighted by molar-refractivity contribution is 7.99. The molecule has 4 aromatic rings. The number of ether oxygens (including phenoxy) is 1. The Morgan fingerprint density at radius 3 is 2.63 bits per heavy atom. The molecule has 0 bridgehead atoms. The molecule has 0 saturated carbocycles. The zero-order chi connectivity index (χ0) is 20.5. The van der Waals surface area contributed by atoms with Gasteiger partial charge in [0, 0.05) is 33.6 Å². The Morgan fingerprint density at radius 1 is 0.967 bits per heavy atom. The van der Waals surface area contributed by atoms with Crippen LogP contribution < -0.4 is 10.4 Å². The molecule has 0 amide bonds. The molecular formula is C25H19NO3S. The van der Waals surface area contributed by atoms with Crippen molar-refractivity contribution < 1.29 is 9.15 Å². The molecule has 0 spiro atoms. The summed E-state index contributed by atoms with van der Waals surface area (Å²) in [5, 5.41) is 1.06. The third kappa shape index (κ3) is 3.53. The van der Waals surface area contributed by atoms with Gasteiger partial charge in [0.2, 0.25) is 0 Å². The summed E-state index contributed by atoms with van der Waals surface area (Å²) in [5.74, 6) is 0.836.